The molecule has 0 N–H and O–H groups in total. The topological polar surface area (TPSA) is 0 Å². The molecular formula is C15H22S. The van der Waals surface area contributed by atoms with Crippen LogP contribution in [0.15, 0.2) is 0 Å². The summed E-state index contributed by atoms with van der Waals surface area (Å²) in [6.07, 6.45) is 15.7. The van der Waals surface area contributed by atoms with Crippen molar-refractivity contribution < 1.29 is 0 Å². The van der Waals surface area contributed by atoms with Crippen molar-refractivity contribution in [3.05, 3.63) is 20.9 Å². The van der Waals surface area contributed by atoms with Gasteiger partial charge in [0.25, 0.3) is 0 Å². The van der Waals surface area contributed by atoms with E-state index in [1.54, 1.807) is 15.3 Å². The zero-order valence-electron chi connectivity index (χ0n) is 10.2. The van der Waals surface area contributed by atoms with Crippen molar-refractivity contribution >= 4 is 11.3 Å². The number of fused-ring (bicyclic) bond motifs is 3. The fourth-order valence-electron chi connectivity index (χ4n) is 3.30. The highest BCUT2D eigenvalue weighted by atomic mass is 32.1. The lowest BCUT2D eigenvalue weighted by Gasteiger charge is -2.12. The van der Waals surface area contributed by atoms with Crippen LogP contribution in [0, 0.1) is 0 Å². The summed E-state index contributed by atoms with van der Waals surface area (Å²) in [5.74, 6) is 0. The van der Waals surface area contributed by atoms with Gasteiger partial charge >= 0.3 is 0 Å². The summed E-state index contributed by atoms with van der Waals surface area (Å²) < 4.78 is 0. The molecule has 0 fully saturated rings. The van der Waals surface area contributed by atoms with Crippen LogP contribution in [0.5, 0.6) is 0 Å². The third kappa shape index (κ3) is 2.07. The second-order valence-electron chi connectivity index (χ2n) is 5.38. The van der Waals surface area contributed by atoms with Crippen LogP contribution in [0.2, 0.25) is 0 Å². The smallest absolute Gasteiger partial charge is 0.00830 e. The Morgan fingerprint density at radius 3 is 1.62 bits per heavy atom. The van der Waals surface area contributed by atoms with Crippen LogP contribution in [0.3, 0.4) is 0 Å². The lowest BCUT2D eigenvalue weighted by molar-refractivity contribution is 0.627. The highest BCUT2D eigenvalue weighted by Crippen LogP contribution is 2.37. The molecule has 0 aromatic carbocycles. The Bertz CT molecular complexity index is 362. The van der Waals surface area contributed by atoms with Crippen LogP contribution in [-0.4, -0.2) is 0 Å². The highest BCUT2D eigenvalue weighted by molar-refractivity contribution is 7.12. The first-order chi connectivity index (χ1) is 7.95. The Balaban J connectivity index is 1.93. The Labute approximate surface area is 103 Å². The Hall–Kier alpha value is -0.300. The van der Waals surface area contributed by atoms with E-state index in [2.05, 4.69) is 11.3 Å². The normalized spacial score (nSPS) is 21.5. The van der Waals surface area contributed by atoms with Gasteiger partial charge in [-0.1, -0.05) is 19.3 Å². The maximum absolute atomic E-state index is 2.17. The molecule has 1 aromatic rings. The lowest BCUT2D eigenvalue weighted by Crippen LogP contribution is -2.01. The second kappa shape index (κ2) is 4.91. The number of hydrogen-bond acceptors (Lipinski definition) is 1. The second-order valence-corrected chi connectivity index (χ2v) is 6.57. The number of aryl methyl sites for hydroxylation is 2. The van der Waals surface area contributed by atoms with Crippen molar-refractivity contribution in [2.24, 2.45) is 0 Å². The molecule has 0 atom stereocenters. The van der Waals surface area contributed by atoms with Crippen molar-refractivity contribution in [2.45, 2.75) is 70.6 Å². The van der Waals surface area contributed by atoms with Gasteiger partial charge < -0.3 is 0 Å². The summed E-state index contributed by atoms with van der Waals surface area (Å²) in [6, 6.07) is 0. The lowest BCUT2D eigenvalue weighted by atomic mass is 9.92. The molecule has 0 nitrogen and oxygen atoms in total. The Morgan fingerprint density at radius 1 is 0.500 bits per heavy atom. The standard InChI is InChI=1S/C15H22S/c1-2-4-8-12-13-9-6-7-11-15(13)16-14(12)10-5-3-1/h1-11H2. The van der Waals surface area contributed by atoms with Crippen LogP contribution in [-0.2, 0) is 25.7 Å². The van der Waals surface area contributed by atoms with Gasteiger partial charge in [0.05, 0.1) is 0 Å². The number of thiophene rings is 1. The fraction of sp³-hybridized carbons (Fsp3) is 0.733. The average Bonchev–Trinajstić information content (AvgIpc) is 2.69. The molecule has 0 spiro atoms. The van der Waals surface area contributed by atoms with E-state index in [1.165, 1.54) is 70.6 Å². The summed E-state index contributed by atoms with van der Waals surface area (Å²) in [7, 11) is 0. The van der Waals surface area contributed by atoms with Crippen LogP contribution in [0.25, 0.3) is 0 Å². The molecule has 0 radical (unpaired) electrons. The quantitative estimate of drug-likeness (QED) is 0.611. The molecule has 0 unspecified atom stereocenters. The highest BCUT2D eigenvalue weighted by Gasteiger charge is 2.20. The molecule has 0 aliphatic heterocycles. The van der Waals surface area contributed by atoms with E-state index in [-0.39, 0.29) is 0 Å². The zero-order chi connectivity index (χ0) is 10.8. The third-order valence-corrected chi connectivity index (χ3v) is 5.59. The Morgan fingerprint density at radius 2 is 0.938 bits per heavy atom. The van der Waals surface area contributed by atoms with E-state index in [4.69, 9.17) is 0 Å². The van der Waals surface area contributed by atoms with E-state index in [0.29, 0.717) is 0 Å². The molecule has 1 heterocycles. The minimum absolute atomic E-state index is 1.38. The van der Waals surface area contributed by atoms with Crippen LogP contribution in [0.1, 0.15) is 65.8 Å². The molecule has 0 saturated carbocycles. The van der Waals surface area contributed by atoms with E-state index >= 15 is 0 Å². The largest absolute Gasteiger partial charge is 0.145 e. The first-order valence-electron chi connectivity index (χ1n) is 7.07. The van der Waals surface area contributed by atoms with Crippen LogP contribution in [0.4, 0.5) is 0 Å². The molecule has 0 bridgehead atoms. The fourth-order valence-corrected chi connectivity index (χ4v) is 4.79. The van der Waals surface area contributed by atoms with Gasteiger partial charge in [0.1, 0.15) is 0 Å². The van der Waals surface area contributed by atoms with E-state index in [1.807, 2.05) is 5.56 Å². The van der Waals surface area contributed by atoms with Gasteiger partial charge in [-0.25, -0.2) is 0 Å². The minimum Gasteiger partial charge on any atom is -0.145 e. The van der Waals surface area contributed by atoms with Gasteiger partial charge in [-0.2, -0.15) is 0 Å². The molecule has 3 rings (SSSR count). The first-order valence-corrected chi connectivity index (χ1v) is 7.89. The Kier molecular flexibility index (Phi) is 3.32. The SMILES string of the molecule is C1CCCc2sc3c(c2CCC1)CCCC3. The summed E-state index contributed by atoms with van der Waals surface area (Å²) in [4.78, 5) is 3.53. The molecule has 1 heteroatoms. The first kappa shape index (κ1) is 10.8. The van der Waals surface area contributed by atoms with E-state index < -0.39 is 0 Å². The number of rotatable bonds is 0. The summed E-state index contributed by atoms with van der Waals surface area (Å²) >= 11 is 2.17. The van der Waals surface area contributed by atoms with Crippen molar-refractivity contribution in [3.63, 3.8) is 0 Å². The average molecular weight is 234 g/mol. The maximum atomic E-state index is 2.17. The monoisotopic (exact) mass is 234 g/mol. The van der Waals surface area contributed by atoms with Gasteiger partial charge in [0.15, 0.2) is 0 Å². The number of hydrogen-bond donors (Lipinski definition) is 0. The van der Waals surface area contributed by atoms with Crippen LogP contribution < -0.4 is 0 Å². The van der Waals surface area contributed by atoms with Crippen LogP contribution >= 0.6 is 11.3 Å². The predicted molar refractivity (Wildman–Crippen MR) is 71.5 cm³/mol. The molecule has 88 valence electrons. The predicted octanol–water partition coefficient (Wildman–Crippen LogP) is 4.68. The van der Waals surface area contributed by atoms with Gasteiger partial charge in [-0.15, -0.1) is 11.3 Å². The van der Waals surface area contributed by atoms with Crippen molar-refractivity contribution in [3.8, 4) is 0 Å². The molecule has 2 aliphatic rings. The van der Waals surface area contributed by atoms with Gasteiger partial charge in [-0.3, -0.25) is 0 Å². The maximum Gasteiger partial charge on any atom is 0.00830 e. The molecule has 16 heavy (non-hydrogen) atoms. The summed E-state index contributed by atoms with van der Waals surface area (Å²) in [5, 5.41) is 0. The third-order valence-electron chi connectivity index (χ3n) is 4.20. The van der Waals surface area contributed by atoms with E-state index in [0.717, 1.165) is 0 Å². The van der Waals surface area contributed by atoms with Gasteiger partial charge in [0.2, 0.25) is 0 Å². The molecule has 0 amide bonds. The van der Waals surface area contributed by atoms with Gasteiger partial charge in [-0.05, 0) is 62.5 Å². The summed E-state index contributed by atoms with van der Waals surface area (Å²) in [6.45, 7) is 0. The molecule has 2 aliphatic carbocycles. The zero-order valence-corrected chi connectivity index (χ0v) is 11.0. The minimum atomic E-state index is 1.38. The molecule has 0 saturated heterocycles. The van der Waals surface area contributed by atoms with Crippen molar-refractivity contribution in [1.29, 1.82) is 0 Å². The van der Waals surface area contributed by atoms with Crippen molar-refractivity contribution in [1.82, 2.24) is 0 Å². The van der Waals surface area contributed by atoms with Crippen molar-refractivity contribution in [2.75, 3.05) is 0 Å². The van der Waals surface area contributed by atoms with E-state index in [9.17, 15) is 0 Å². The molecule has 1 aromatic heterocycles. The summed E-state index contributed by atoms with van der Waals surface area (Å²) in [5.41, 5.74) is 3.61. The molecular weight excluding hydrogens is 212 g/mol. The van der Waals surface area contributed by atoms with Gasteiger partial charge in [0, 0.05) is 9.75 Å².